The quantitative estimate of drug-likeness (QED) is 0.355. The maximum absolute atomic E-state index is 13.0. The molecule has 0 bridgehead atoms. The van der Waals surface area contributed by atoms with E-state index in [2.05, 4.69) is 4.72 Å². The lowest BCUT2D eigenvalue weighted by molar-refractivity contribution is -0.143. The molecule has 0 saturated heterocycles. The van der Waals surface area contributed by atoms with Crippen molar-refractivity contribution in [3.05, 3.63) is 57.1 Å². The van der Waals surface area contributed by atoms with Crippen LogP contribution < -0.4 is 9.44 Å². The molecule has 0 aliphatic carbocycles. The van der Waals surface area contributed by atoms with E-state index in [1.54, 1.807) is 27.7 Å². The largest absolute Gasteiger partial charge is 0.416 e. The van der Waals surface area contributed by atoms with Gasteiger partial charge in [-0.05, 0) is 87.1 Å². The van der Waals surface area contributed by atoms with Gasteiger partial charge in [-0.1, -0.05) is 0 Å². The monoisotopic (exact) mass is 560 g/mol. The van der Waals surface area contributed by atoms with Crippen molar-refractivity contribution >= 4 is 20.0 Å². The summed E-state index contributed by atoms with van der Waals surface area (Å²) in [5.41, 5.74) is 0.181. The molecule has 2 rings (SSSR count). The fraction of sp³-hybridized carbons (Fsp3) is 0.455. The molecule has 0 saturated carbocycles. The topological polar surface area (TPSA) is 92.3 Å². The molecule has 202 valence electrons. The summed E-state index contributed by atoms with van der Waals surface area (Å²) in [5, 5.41) is 0. The summed E-state index contributed by atoms with van der Waals surface area (Å²) in [5.74, 6) is 0. The average Bonchev–Trinajstić information content (AvgIpc) is 2.74. The molecule has 0 aromatic heterocycles. The van der Waals surface area contributed by atoms with Gasteiger partial charge in [0.05, 0.1) is 20.9 Å². The van der Waals surface area contributed by atoms with E-state index in [4.69, 9.17) is 0 Å². The predicted octanol–water partition coefficient (Wildman–Crippen LogP) is 4.91. The van der Waals surface area contributed by atoms with Crippen molar-refractivity contribution in [1.82, 2.24) is 9.44 Å². The number of alkyl halides is 6. The van der Waals surface area contributed by atoms with Crippen LogP contribution in [-0.2, 0) is 32.4 Å². The van der Waals surface area contributed by atoms with Crippen LogP contribution in [-0.4, -0.2) is 29.9 Å². The molecule has 0 radical (unpaired) electrons. The lowest BCUT2D eigenvalue weighted by Gasteiger charge is -2.19. The number of hydrogen-bond donors (Lipinski definition) is 2. The first-order valence-electron chi connectivity index (χ1n) is 10.6. The molecule has 0 unspecified atom stereocenters. The maximum atomic E-state index is 13.0. The van der Waals surface area contributed by atoms with Crippen molar-refractivity contribution in [1.29, 1.82) is 0 Å². The van der Waals surface area contributed by atoms with Gasteiger partial charge in [0.1, 0.15) is 0 Å². The fourth-order valence-corrected chi connectivity index (χ4v) is 6.42. The lowest BCUT2D eigenvalue weighted by atomic mass is 9.95. The van der Waals surface area contributed by atoms with Gasteiger partial charge in [0.25, 0.3) is 0 Å². The second-order valence-electron chi connectivity index (χ2n) is 8.34. The third kappa shape index (κ3) is 6.58. The molecule has 0 spiro atoms. The standard InChI is InChI=1S/C22H26F6N2O4S2/c1-12-13(2)15(4)20(16(5)14(12)3)36(33,34)30-8-6-7-29-35(31,32)19-10-17(21(23,24)25)9-18(11-19)22(26,27)28/h9-11,29-30H,6-8H2,1-5H3. The molecule has 0 aliphatic heterocycles. The zero-order valence-electron chi connectivity index (χ0n) is 20.1. The van der Waals surface area contributed by atoms with Crippen molar-refractivity contribution < 1.29 is 43.2 Å². The minimum Gasteiger partial charge on any atom is -0.211 e. The minimum absolute atomic E-state index is 0.104. The van der Waals surface area contributed by atoms with Crippen molar-refractivity contribution in [2.45, 2.75) is 63.2 Å². The highest BCUT2D eigenvalue weighted by molar-refractivity contribution is 7.89. The number of benzene rings is 2. The Balaban J connectivity index is 2.16. The molecule has 14 heteroatoms. The first kappa shape index (κ1) is 30.1. The van der Waals surface area contributed by atoms with E-state index in [9.17, 15) is 43.2 Å². The number of rotatable bonds is 8. The van der Waals surface area contributed by atoms with Gasteiger partial charge in [-0.25, -0.2) is 26.3 Å². The van der Waals surface area contributed by atoms with Crippen molar-refractivity contribution in [2.24, 2.45) is 0 Å². The van der Waals surface area contributed by atoms with Crippen LogP contribution in [0.1, 0.15) is 45.4 Å². The van der Waals surface area contributed by atoms with Gasteiger partial charge in [0, 0.05) is 13.1 Å². The Labute approximate surface area is 206 Å². The summed E-state index contributed by atoms with van der Waals surface area (Å²) in [4.78, 5) is -1.10. The van der Waals surface area contributed by atoms with Gasteiger partial charge >= 0.3 is 12.4 Å². The van der Waals surface area contributed by atoms with Crippen molar-refractivity contribution in [3.8, 4) is 0 Å². The van der Waals surface area contributed by atoms with Crippen LogP contribution in [0.2, 0.25) is 0 Å². The lowest BCUT2D eigenvalue weighted by Crippen LogP contribution is -2.31. The average molecular weight is 561 g/mol. The molecule has 0 atom stereocenters. The van der Waals surface area contributed by atoms with Crippen LogP contribution in [0, 0.1) is 34.6 Å². The Morgan fingerprint density at radius 2 is 0.972 bits per heavy atom. The van der Waals surface area contributed by atoms with Crippen LogP contribution in [0.5, 0.6) is 0 Å². The van der Waals surface area contributed by atoms with E-state index in [0.29, 0.717) is 11.1 Å². The Kier molecular flexibility index (Phi) is 8.61. The first-order valence-corrected chi connectivity index (χ1v) is 13.5. The van der Waals surface area contributed by atoms with Gasteiger partial charge in [0.15, 0.2) is 0 Å². The molecule has 36 heavy (non-hydrogen) atoms. The molecule has 0 amide bonds. The Morgan fingerprint density at radius 3 is 1.36 bits per heavy atom. The zero-order chi connectivity index (χ0) is 27.9. The van der Waals surface area contributed by atoms with Gasteiger partial charge in [-0.15, -0.1) is 0 Å². The predicted molar refractivity (Wildman–Crippen MR) is 122 cm³/mol. The zero-order valence-corrected chi connectivity index (χ0v) is 21.7. The number of hydrogen-bond acceptors (Lipinski definition) is 4. The number of sulfonamides is 2. The molecular formula is C22H26F6N2O4S2. The van der Waals surface area contributed by atoms with E-state index in [1.165, 1.54) is 0 Å². The normalized spacial score (nSPS) is 13.3. The van der Waals surface area contributed by atoms with Crippen LogP contribution in [0.4, 0.5) is 26.3 Å². The first-order chi connectivity index (χ1) is 16.2. The summed E-state index contributed by atoms with van der Waals surface area (Å²) in [6.07, 6.45) is -10.5. The summed E-state index contributed by atoms with van der Waals surface area (Å²) in [6.45, 7) is 8.14. The van der Waals surface area contributed by atoms with Crippen LogP contribution in [0.25, 0.3) is 0 Å². The van der Waals surface area contributed by atoms with Crippen molar-refractivity contribution in [3.63, 3.8) is 0 Å². The highest BCUT2D eigenvalue weighted by Crippen LogP contribution is 2.37. The molecule has 6 nitrogen and oxygen atoms in total. The Morgan fingerprint density at radius 1 is 0.611 bits per heavy atom. The molecule has 0 fully saturated rings. The van der Waals surface area contributed by atoms with E-state index in [-0.39, 0.29) is 36.1 Å². The summed E-state index contributed by atoms with van der Waals surface area (Å²) in [6, 6.07) is 0.0358. The van der Waals surface area contributed by atoms with E-state index >= 15 is 0 Å². The fourth-order valence-electron chi connectivity index (χ4n) is 3.61. The van der Waals surface area contributed by atoms with E-state index in [0.717, 1.165) is 16.7 Å². The SMILES string of the molecule is Cc1c(C)c(C)c(S(=O)(=O)NCCCNS(=O)(=O)c2cc(C(F)(F)F)cc(C(F)(F)F)c2)c(C)c1C. The van der Waals surface area contributed by atoms with E-state index < -0.39 is 55.0 Å². The summed E-state index contributed by atoms with van der Waals surface area (Å²) in [7, 11) is -8.72. The van der Waals surface area contributed by atoms with Crippen molar-refractivity contribution in [2.75, 3.05) is 13.1 Å². The highest BCUT2D eigenvalue weighted by Gasteiger charge is 2.38. The maximum Gasteiger partial charge on any atom is 0.416 e. The van der Waals surface area contributed by atoms with Gasteiger partial charge in [-0.3, -0.25) is 0 Å². The Hall–Kier alpha value is -2.16. The third-order valence-electron chi connectivity index (χ3n) is 6.01. The molecule has 0 heterocycles. The van der Waals surface area contributed by atoms with Gasteiger partial charge < -0.3 is 0 Å². The van der Waals surface area contributed by atoms with Gasteiger partial charge in [-0.2, -0.15) is 26.3 Å². The second-order valence-corrected chi connectivity index (χ2v) is 11.8. The second kappa shape index (κ2) is 10.3. The van der Waals surface area contributed by atoms with Gasteiger partial charge in [0.2, 0.25) is 20.0 Å². The molecular weight excluding hydrogens is 534 g/mol. The third-order valence-corrected chi connectivity index (χ3v) is 9.18. The summed E-state index contributed by atoms with van der Waals surface area (Å²) < 4.78 is 133. The number of halogens is 6. The van der Waals surface area contributed by atoms with Crippen LogP contribution in [0.15, 0.2) is 28.0 Å². The van der Waals surface area contributed by atoms with Crippen LogP contribution >= 0.6 is 0 Å². The smallest absolute Gasteiger partial charge is 0.211 e. The highest BCUT2D eigenvalue weighted by atomic mass is 32.2. The molecule has 2 N–H and O–H groups in total. The minimum atomic E-state index is -5.20. The molecule has 2 aromatic carbocycles. The van der Waals surface area contributed by atoms with Crippen LogP contribution in [0.3, 0.4) is 0 Å². The summed E-state index contributed by atoms with van der Waals surface area (Å²) >= 11 is 0. The molecule has 0 aliphatic rings. The Bertz CT molecular complexity index is 1310. The number of nitrogens with one attached hydrogen (secondary N) is 2. The molecule has 2 aromatic rings. The van der Waals surface area contributed by atoms with E-state index in [1.807, 2.05) is 11.6 Å².